The summed E-state index contributed by atoms with van der Waals surface area (Å²) in [6.45, 7) is 9.35. The van der Waals surface area contributed by atoms with E-state index in [-0.39, 0.29) is 6.54 Å². The summed E-state index contributed by atoms with van der Waals surface area (Å²) in [4.78, 5) is 4.55. The largest absolute Gasteiger partial charge is 0.466 e. The number of aliphatic imine (C=N–C) groups is 1. The van der Waals surface area contributed by atoms with Gasteiger partial charge in [-0.15, -0.1) is 0 Å². The van der Waals surface area contributed by atoms with Crippen molar-refractivity contribution in [1.82, 2.24) is 20.4 Å². The summed E-state index contributed by atoms with van der Waals surface area (Å²) in [5, 5.41) is 21.5. The van der Waals surface area contributed by atoms with Crippen LogP contribution in [0.1, 0.15) is 42.9 Å². The highest BCUT2D eigenvalue weighted by Gasteiger charge is 2.27. The SMILES string of the molecule is CCNC(=NCC(C)(O)c1cc(C)oc1C)NCCCc1cnn(C)c1. The van der Waals surface area contributed by atoms with E-state index in [9.17, 15) is 5.11 Å². The van der Waals surface area contributed by atoms with Crippen LogP contribution < -0.4 is 10.6 Å². The summed E-state index contributed by atoms with van der Waals surface area (Å²) in [5.41, 5.74) is 0.941. The summed E-state index contributed by atoms with van der Waals surface area (Å²) in [6.07, 6.45) is 5.87. The number of hydrogen-bond donors (Lipinski definition) is 3. The van der Waals surface area contributed by atoms with Gasteiger partial charge in [-0.1, -0.05) is 0 Å². The van der Waals surface area contributed by atoms with Crippen molar-refractivity contribution in [1.29, 1.82) is 0 Å². The molecular weight excluding hydrogens is 330 g/mol. The van der Waals surface area contributed by atoms with Gasteiger partial charge in [0.1, 0.15) is 17.1 Å². The summed E-state index contributed by atoms with van der Waals surface area (Å²) in [5.74, 6) is 2.23. The number of furan rings is 1. The molecular formula is C19H31N5O2. The van der Waals surface area contributed by atoms with Gasteiger partial charge in [-0.05, 0) is 52.2 Å². The Kier molecular flexibility index (Phi) is 6.85. The lowest BCUT2D eigenvalue weighted by atomic mass is 9.96. The van der Waals surface area contributed by atoms with Crippen molar-refractivity contribution < 1.29 is 9.52 Å². The molecule has 1 atom stereocenters. The normalized spacial score (nSPS) is 14.3. The van der Waals surface area contributed by atoms with Gasteiger partial charge in [0, 0.05) is 31.9 Å². The third-order valence-electron chi connectivity index (χ3n) is 4.20. The van der Waals surface area contributed by atoms with E-state index in [1.54, 1.807) is 6.92 Å². The number of aromatic nitrogens is 2. The molecule has 0 saturated heterocycles. The van der Waals surface area contributed by atoms with Gasteiger partial charge in [0.25, 0.3) is 0 Å². The summed E-state index contributed by atoms with van der Waals surface area (Å²) < 4.78 is 7.35. The van der Waals surface area contributed by atoms with Crippen molar-refractivity contribution in [2.24, 2.45) is 12.0 Å². The molecule has 2 rings (SSSR count). The number of nitrogens with zero attached hydrogens (tertiary/aromatic N) is 3. The monoisotopic (exact) mass is 361 g/mol. The first-order chi connectivity index (χ1) is 12.3. The average Bonchev–Trinajstić information content (AvgIpc) is 3.14. The van der Waals surface area contributed by atoms with Crippen LogP contribution in [0.2, 0.25) is 0 Å². The Balaban J connectivity index is 1.89. The van der Waals surface area contributed by atoms with Gasteiger partial charge >= 0.3 is 0 Å². The van der Waals surface area contributed by atoms with Crippen LogP contribution in [0.3, 0.4) is 0 Å². The number of aryl methyl sites for hydroxylation is 4. The molecule has 0 aliphatic heterocycles. The van der Waals surface area contributed by atoms with Gasteiger partial charge in [0.15, 0.2) is 5.96 Å². The lowest BCUT2D eigenvalue weighted by Crippen LogP contribution is -2.39. The smallest absolute Gasteiger partial charge is 0.191 e. The first-order valence-corrected chi connectivity index (χ1v) is 9.11. The zero-order valence-corrected chi connectivity index (χ0v) is 16.5. The van der Waals surface area contributed by atoms with E-state index in [0.717, 1.165) is 43.0 Å². The van der Waals surface area contributed by atoms with Gasteiger partial charge in [-0.3, -0.25) is 4.68 Å². The van der Waals surface area contributed by atoms with Crippen LogP contribution in [-0.2, 0) is 19.1 Å². The Morgan fingerprint density at radius 2 is 2.15 bits per heavy atom. The van der Waals surface area contributed by atoms with Crippen LogP contribution in [0.15, 0.2) is 27.9 Å². The minimum absolute atomic E-state index is 0.255. The van der Waals surface area contributed by atoms with Crippen molar-refractivity contribution >= 4 is 5.96 Å². The molecule has 0 radical (unpaired) electrons. The molecule has 0 aromatic carbocycles. The predicted molar refractivity (Wildman–Crippen MR) is 103 cm³/mol. The van der Waals surface area contributed by atoms with Crippen molar-refractivity contribution in [3.63, 3.8) is 0 Å². The number of nitrogens with one attached hydrogen (secondary N) is 2. The molecule has 0 amide bonds. The molecule has 0 bridgehead atoms. The van der Waals surface area contributed by atoms with Gasteiger partial charge in [0.2, 0.25) is 0 Å². The van der Waals surface area contributed by atoms with Gasteiger partial charge in [-0.25, -0.2) is 4.99 Å². The van der Waals surface area contributed by atoms with Crippen LogP contribution in [0.4, 0.5) is 0 Å². The molecule has 7 heteroatoms. The Bertz CT molecular complexity index is 730. The Hall–Kier alpha value is -2.28. The first-order valence-electron chi connectivity index (χ1n) is 9.11. The van der Waals surface area contributed by atoms with Crippen molar-refractivity contribution in [2.75, 3.05) is 19.6 Å². The maximum absolute atomic E-state index is 10.8. The fraction of sp³-hybridized carbons (Fsp3) is 0.579. The lowest BCUT2D eigenvalue weighted by Gasteiger charge is -2.21. The van der Waals surface area contributed by atoms with Crippen LogP contribution in [-0.4, -0.2) is 40.5 Å². The van der Waals surface area contributed by atoms with E-state index in [1.165, 1.54) is 5.56 Å². The highest BCUT2D eigenvalue weighted by molar-refractivity contribution is 5.79. The predicted octanol–water partition coefficient (Wildman–Crippen LogP) is 2.03. The van der Waals surface area contributed by atoms with Crippen LogP contribution in [0, 0.1) is 13.8 Å². The molecule has 0 spiro atoms. The zero-order chi connectivity index (χ0) is 19.2. The summed E-state index contributed by atoms with van der Waals surface area (Å²) in [7, 11) is 1.92. The van der Waals surface area contributed by atoms with Gasteiger partial charge in [-0.2, -0.15) is 5.10 Å². The van der Waals surface area contributed by atoms with Crippen molar-refractivity contribution in [2.45, 2.75) is 46.1 Å². The molecule has 0 aliphatic carbocycles. The number of hydrogen-bond acceptors (Lipinski definition) is 4. The quantitative estimate of drug-likeness (QED) is 0.380. The second-order valence-electron chi connectivity index (χ2n) is 6.85. The topological polar surface area (TPSA) is 87.6 Å². The van der Waals surface area contributed by atoms with E-state index in [0.29, 0.717) is 5.96 Å². The highest BCUT2D eigenvalue weighted by Crippen LogP contribution is 2.27. The Morgan fingerprint density at radius 3 is 2.73 bits per heavy atom. The van der Waals surface area contributed by atoms with Gasteiger partial charge < -0.3 is 20.2 Å². The molecule has 2 heterocycles. The third kappa shape index (κ3) is 5.62. The summed E-state index contributed by atoms with van der Waals surface area (Å²) in [6, 6.07) is 1.87. The van der Waals surface area contributed by atoms with E-state index in [2.05, 4.69) is 20.7 Å². The van der Waals surface area contributed by atoms with Crippen LogP contribution >= 0.6 is 0 Å². The van der Waals surface area contributed by atoms with Crippen molar-refractivity contribution in [3.8, 4) is 0 Å². The molecule has 2 aromatic heterocycles. The minimum Gasteiger partial charge on any atom is -0.466 e. The average molecular weight is 361 g/mol. The maximum Gasteiger partial charge on any atom is 0.191 e. The maximum atomic E-state index is 10.8. The lowest BCUT2D eigenvalue weighted by molar-refractivity contribution is 0.0657. The molecule has 144 valence electrons. The molecule has 1 unspecified atom stereocenters. The number of rotatable bonds is 8. The van der Waals surface area contributed by atoms with Gasteiger partial charge in [0.05, 0.1) is 12.7 Å². The van der Waals surface area contributed by atoms with E-state index in [1.807, 2.05) is 51.0 Å². The van der Waals surface area contributed by atoms with Crippen LogP contribution in [0.5, 0.6) is 0 Å². The Labute approximate surface area is 155 Å². The standard InChI is InChI=1S/C19H31N5O2/c1-6-20-18(21-9-7-8-16-11-23-24(5)12-16)22-13-19(4,25)17-10-14(2)26-15(17)3/h10-12,25H,6-9,13H2,1-5H3,(H2,20,21,22). The Morgan fingerprint density at radius 1 is 1.38 bits per heavy atom. The zero-order valence-electron chi connectivity index (χ0n) is 16.5. The first kappa shape index (κ1) is 20.0. The van der Waals surface area contributed by atoms with E-state index < -0.39 is 5.60 Å². The molecule has 3 N–H and O–H groups in total. The van der Waals surface area contributed by atoms with E-state index in [4.69, 9.17) is 4.42 Å². The molecule has 0 aliphatic rings. The molecule has 26 heavy (non-hydrogen) atoms. The molecule has 0 saturated carbocycles. The minimum atomic E-state index is -1.07. The second kappa shape index (κ2) is 8.89. The van der Waals surface area contributed by atoms with E-state index >= 15 is 0 Å². The third-order valence-corrected chi connectivity index (χ3v) is 4.20. The number of aliphatic hydroxyl groups is 1. The van der Waals surface area contributed by atoms with Crippen molar-refractivity contribution in [3.05, 3.63) is 41.1 Å². The highest BCUT2D eigenvalue weighted by atomic mass is 16.3. The number of guanidine groups is 1. The fourth-order valence-electron chi connectivity index (χ4n) is 2.93. The second-order valence-corrected chi connectivity index (χ2v) is 6.85. The van der Waals surface area contributed by atoms with Crippen LogP contribution in [0.25, 0.3) is 0 Å². The summed E-state index contributed by atoms with van der Waals surface area (Å²) >= 11 is 0. The molecule has 2 aromatic rings. The fourth-order valence-corrected chi connectivity index (χ4v) is 2.93. The molecule has 7 nitrogen and oxygen atoms in total. The molecule has 0 fully saturated rings.